The van der Waals surface area contributed by atoms with E-state index in [9.17, 15) is 12.8 Å². The Morgan fingerprint density at radius 2 is 2.10 bits per heavy atom. The van der Waals surface area contributed by atoms with Crippen LogP contribution < -0.4 is 0 Å². The molecule has 4 rings (SSSR count). The first-order chi connectivity index (χ1) is 13.9. The van der Waals surface area contributed by atoms with Crippen LogP contribution in [0.2, 0.25) is 0 Å². The summed E-state index contributed by atoms with van der Waals surface area (Å²) in [5.41, 5.74) is 0.658. The van der Waals surface area contributed by atoms with Crippen molar-refractivity contribution >= 4 is 21.6 Å². The van der Waals surface area contributed by atoms with Crippen LogP contribution in [0.1, 0.15) is 24.1 Å². The summed E-state index contributed by atoms with van der Waals surface area (Å²) >= 11 is 1.37. The van der Waals surface area contributed by atoms with E-state index in [0.29, 0.717) is 47.0 Å². The van der Waals surface area contributed by atoms with Gasteiger partial charge < -0.3 is 9.09 Å². The van der Waals surface area contributed by atoms with E-state index in [-0.39, 0.29) is 23.2 Å². The zero-order valence-electron chi connectivity index (χ0n) is 15.4. The van der Waals surface area contributed by atoms with Crippen molar-refractivity contribution in [3.8, 4) is 11.4 Å². The van der Waals surface area contributed by atoms with Crippen LogP contribution >= 0.6 is 11.8 Å². The lowest BCUT2D eigenvalue weighted by molar-refractivity contribution is 0.391. The molecule has 0 N–H and O–H groups in total. The number of rotatable bonds is 7. The van der Waals surface area contributed by atoms with Crippen LogP contribution in [0.5, 0.6) is 0 Å². The maximum absolute atomic E-state index is 13.1. The minimum Gasteiger partial charge on any atom is -0.338 e. The van der Waals surface area contributed by atoms with Crippen molar-refractivity contribution in [2.45, 2.75) is 29.8 Å². The molecule has 0 saturated carbocycles. The zero-order chi connectivity index (χ0) is 20.4. The molecule has 0 bridgehead atoms. The fraction of sp³-hybridized carbons (Fsp3) is 0.333. The molecule has 152 valence electrons. The lowest BCUT2D eigenvalue weighted by Gasteiger charge is -2.10. The first-order valence-electron chi connectivity index (χ1n) is 8.91. The minimum atomic E-state index is -3.02. The second kappa shape index (κ2) is 8.07. The molecule has 1 aliphatic rings. The summed E-state index contributed by atoms with van der Waals surface area (Å²) < 4.78 is 43.8. The van der Waals surface area contributed by atoms with E-state index in [4.69, 9.17) is 4.52 Å². The molecule has 0 radical (unpaired) electrons. The highest BCUT2D eigenvalue weighted by Gasteiger charge is 2.33. The van der Waals surface area contributed by atoms with Crippen molar-refractivity contribution in [1.29, 1.82) is 0 Å². The SMILES string of the molecule is C=CCn1c(SCc2nc(-c3ccc(F)cc3)no2)nnc1C1CCS(=O)(=O)C1. The van der Waals surface area contributed by atoms with E-state index in [1.165, 1.54) is 23.9 Å². The Labute approximate surface area is 171 Å². The van der Waals surface area contributed by atoms with Gasteiger partial charge in [0.1, 0.15) is 11.6 Å². The maximum atomic E-state index is 13.1. The molecular formula is C18H18FN5O3S2. The van der Waals surface area contributed by atoms with Crippen molar-refractivity contribution in [2.24, 2.45) is 0 Å². The van der Waals surface area contributed by atoms with Gasteiger partial charge in [-0.1, -0.05) is 23.0 Å². The Kier molecular flexibility index (Phi) is 5.50. The van der Waals surface area contributed by atoms with Crippen LogP contribution in [0.25, 0.3) is 11.4 Å². The number of aromatic nitrogens is 5. The summed E-state index contributed by atoms with van der Waals surface area (Å²) in [4.78, 5) is 4.33. The number of sulfone groups is 1. The van der Waals surface area contributed by atoms with E-state index in [2.05, 4.69) is 26.9 Å². The number of hydrogen-bond donors (Lipinski definition) is 0. The Morgan fingerprint density at radius 1 is 1.31 bits per heavy atom. The van der Waals surface area contributed by atoms with Gasteiger partial charge >= 0.3 is 0 Å². The third kappa shape index (κ3) is 4.40. The predicted octanol–water partition coefficient (Wildman–Crippen LogP) is 2.85. The van der Waals surface area contributed by atoms with E-state index < -0.39 is 9.84 Å². The molecule has 29 heavy (non-hydrogen) atoms. The Hall–Kier alpha value is -2.53. The highest BCUT2D eigenvalue weighted by Crippen LogP contribution is 2.31. The average Bonchev–Trinajstić information content (AvgIpc) is 3.40. The summed E-state index contributed by atoms with van der Waals surface area (Å²) in [7, 11) is -3.02. The van der Waals surface area contributed by atoms with Crippen molar-refractivity contribution < 1.29 is 17.3 Å². The monoisotopic (exact) mass is 435 g/mol. The van der Waals surface area contributed by atoms with Crippen LogP contribution in [-0.4, -0.2) is 44.8 Å². The van der Waals surface area contributed by atoms with Crippen LogP contribution in [-0.2, 0) is 22.1 Å². The molecule has 3 heterocycles. The smallest absolute Gasteiger partial charge is 0.237 e. The largest absolute Gasteiger partial charge is 0.338 e. The summed E-state index contributed by atoms with van der Waals surface area (Å²) in [6, 6.07) is 5.84. The molecule has 1 unspecified atom stereocenters. The standard InChI is InChI=1S/C18H18FN5O3S2/c1-2-8-24-17(13-7-9-29(25,26)11-13)21-22-18(24)28-10-15-20-16(23-27-15)12-3-5-14(19)6-4-12/h2-6,13H,1,7-11H2. The van der Waals surface area contributed by atoms with Crippen molar-refractivity contribution in [2.75, 3.05) is 11.5 Å². The third-order valence-electron chi connectivity index (χ3n) is 4.55. The molecule has 2 aromatic heterocycles. The molecule has 3 aromatic rings. The molecule has 1 fully saturated rings. The molecule has 8 nitrogen and oxygen atoms in total. The molecule has 1 aromatic carbocycles. The predicted molar refractivity (Wildman–Crippen MR) is 105 cm³/mol. The van der Waals surface area contributed by atoms with E-state index in [0.717, 1.165) is 0 Å². The van der Waals surface area contributed by atoms with Gasteiger partial charge in [-0.05, 0) is 30.7 Å². The fourth-order valence-corrected chi connectivity index (χ4v) is 5.70. The Balaban J connectivity index is 1.49. The van der Waals surface area contributed by atoms with Crippen LogP contribution in [0.15, 0.2) is 46.6 Å². The zero-order valence-corrected chi connectivity index (χ0v) is 17.0. The molecule has 1 saturated heterocycles. The van der Waals surface area contributed by atoms with Gasteiger partial charge in [0.15, 0.2) is 15.0 Å². The average molecular weight is 436 g/mol. The van der Waals surface area contributed by atoms with Crippen LogP contribution in [0.3, 0.4) is 0 Å². The van der Waals surface area contributed by atoms with Gasteiger partial charge in [0, 0.05) is 18.0 Å². The number of halogens is 1. The Morgan fingerprint density at radius 3 is 2.79 bits per heavy atom. The van der Waals surface area contributed by atoms with Gasteiger partial charge in [-0.3, -0.25) is 0 Å². The molecule has 1 atom stereocenters. The number of thioether (sulfide) groups is 1. The first-order valence-corrected chi connectivity index (χ1v) is 11.7. The van der Waals surface area contributed by atoms with Crippen molar-refractivity contribution in [3.05, 3.63) is 54.5 Å². The summed E-state index contributed by atoms with van der Waals surface area (Å²) in [5, 5.41) is 13.0. The van der Waals surface area contributed by atoms with E-state index in [1.54, 1.807) is 18.2 Å². The minimum absolute atomic E-state index is 0.0949. The number of benzene rings is 1. The molecule has 1 aliphatic heterocycles. The number of nitrogens with zero attached hydrogens (tertiary/aromatic N) is 5. The highest BCUT2D eigenvalue weighted by atomic mass is 32.2. The first kappa shape index (κ1) is 19.8. The second-order valence-electron chi connectivity index (χ2n) is 6.65. The van der Waals surface area contributed by atoms with E-state index in [1.807, 2.05) is 4.57 Å². The summed E-state index contributed by atoms with van der Waals surface area (Å²) in [5.74, 6) is 1.58. The van der Waals surface area contributed by atoms with Gasteiger partial charge in [0.2, 0.25) is 11.7 Å². The Bertz CT molecular complexity index is 1120. The number of allylic oxidation sites excluding steroid dienone is 1. The molecule has 0 amide bonds. The summed E-state index contributed by atoms with van der Waals surface area (Å²) in [6.07, 6.45) is 2.27. The molecule has 0 spiro atoms. The third-order valence-corrected chi connectivity index (χ3v) is 7.27. The molecule has 11 heteroatoms. The van der Waals surface area contributed by atoms with Crippen molar-refractivity contribution in [1.82, 2.24) is 24.9 Å². The van der Waals surface area contributed by atoms with Crippen LogP contribution in [0.4, 0.5) is 4.39 Å². The molecule has 0 aliphatic carbocycles. The van der Waals surface area contributed by atoms with Gasteiger partial charge in [0.05, 0.1) is 17.3 Å². The quantitative estimate of drug-likeness (QED) is 0.412. The second-order valence-corrected chi connectivity index (χ2v) is 9.82. The van der Waals surface area contributed by atoms with Gasteiger partial charge in [0.25, 0.3) is 0 Å². The van der Waals surface area contributed by atoms with Gasteiger partial charge in [-0.2, -0.15) is 4.98 Å². The van der Waals surface area contributed by atoms with Crippen LogP contribution in [0, 0.1) is 5.82 Å². The maximum Gasteiger partial charge on any atom is 0.237 e. The lowest BCUT2D eigenvalue weighted by atomic mass is 10.1. The number of hydrogen-bond acceptors (Lipinski definition) is 8. The molecular weight excluding hydrogens is 417 g/mol. The van der Waals surface area contributed by atoms with E-state index >= 15 is 0 Å². The van der Waals surface area contributed by atoms with Gasteiger partial charge in [-0.15, -0.1) is 16.8 Å². The summed E-state index contributed by atoms with van der Waals surface area (Å²) in [6.45, 7) is 4.24. The topological polar surface area (TPSA) is 104 Å². The fourth-order valence-electron chi connectivity index (χ4n) is 3.16. The lowest BCUT2D eigenvalue weighted by Crippen LogP contribution is -2.11. The highest BCUT2D eigenvalue weighted by molar-refractivity contribution is 7.98. The van der Waals surface area contributed by atoms with Gasteiger partial charge in [-0.25, -0.2) is 12.8 Å². The van der Waals surface area contributed by atoms with Crippen molar-refractivity contribution in [3.63, 3.8) is 0 Å². The normalized spacial score (nSPS) is 18.2.